The lowest BCUT2D eigenvalue weighted by Crippen LogP contribution is -2.46. The number of benzene rings is 1. The van der Waals surface area contributed by atoms with Gasteiger partial charge in [0.15, 0.2) is 0 Å². The topological polar surface area (TPSA) is 119 Å². The lowest BCUT2D eigenvalue weighted by atomic mass is 9.93. The van der Waals surface area contributed by atoms with E-state index in [9.17, 15) is 24.8 Å². The van der Waals surface area contributed by atoms with Gasteiger partial charge in [0.2, 0.25) is 0 Å². The van der Waals surface area contributed by atoms with Gasteiger partial charge in [0.1, 0.15) is 11.6 Å². The van der Waals surface area contributed by atoms with E-state index in [2.05, 4.69) is 5.32 Å². The monoisotopic (exact) mass is 324 g/mol. The van der Waals surface area contributed by atoms with Gasteiger partial charge < -0.3 is 15.2 Å². The molecular formula is C15H20N2O6. The number of hydrogen-bond donors (Lipinski definition) is 2. The van der Waals surface area contributed by atoms with Crippen LogP contribution in [0.2, 0.25) is 0 Å². The van der Waals surface area contributed by atoms with Crippen molar-refractivity contribution in [2.24, 2.45) is 0 Å². The first-order valence-corrected chi connectivity index (χ1v) is 6.98. The molecule has 1 aromatic carbocycles. The Morgan fingerprint density at radius 1 is 1.26 bits per heavy atom. The summed E-state index contributed by atoms with van der Waals surface area (Å²) in [5, 5.41) is 22.3. The number of alkyl carbamates (subject to hydrolysis) is 1. The zero-order chi connectivity index (χ0) is 17.8. The highest BCUT2D eigenvalue weighted by Gasteiger charge is 2.30. The number of rotatable bonds is 5. The van der Waals surface area contributed by atoms with Crippen LogP contribution in [0.4, 0.5) is 10.5 Å². The molecule has 0 saturated heterocycles. The van der Waals surface area contributed by atoms with E-state index in [0.29, 0.717) is 5.56 Å². The average molecular weight is 324 g/mol. The van der Waals surface area contributed by atoms with Crippen LogP contribution in [-0.4, -0.2) is 33.7 Å². The van der Waals surface area contributed by atoms with E-state index < -0.39 is 34.5 Å². The van der Waals surface area contributed by atoms with Crippen LogP contribution in [0.5, 0.6) is 0 Å². The summed E-state index contributed by atoms with van der Waals surface area (Å²) >= 11 is 0. The molecular weight excluding hydrogens is 304 g/mol. The van der Waals surface area contributed by atoms with Gasteiger partial charge in [-0.25, -0.2) is 9.59 Å². The molecule has 126 valence electrons. The van der Waals surface area contributed by atoms with Crippen molar-refractivity contribution < 1.29 is 24.4 Å². The van der Waals surface area contributed by atoms with E-state index in [1.54, 1.807) is 27.7 Å². The summed E-state index contributed by atoms with van der Waals surface area (Å²) in [7, 11) is 0. The predicted molar refractivity (Wildman–Crippen MR) is 82.3 cm³/mol. The Morgan fingerprint density at radius 3 is 2.17 bits per heavy atom. The van der Waals surface area contributed by atoms with Crippen LogP contribution in [0.1, 0.15) is 39.2 Å². The van der Waals surface area contributed by atoms with Crippen molar-refractivity contribution >= 4 is 17.7 Å². The number of carboxylic acids is 1. The van der Waals surface area contributed by atoms with Gasteiger partial charge in [-0.05, 0) is 26.3 Å². The maximum absolute atomic E-state index is 11.8. The van der Waals surface area contributed by atoms with Crippen LogP contribution in [0.25, 0.3) is 0 Å². The number of carboxylic acid groups (broad SMARTS) is 1. The number of nitro groups is 1. The molecule has 0 spiro atoms. The number of carbonyl (C=O) groups excluding carboxylic acids is 1. The highest BCUT2D eigenvalue weighted by molar-refractivity contribution is 5.81. The molecule has 0 heterocycles. The summed E-state index contributed by atoms with van der Waals surface area (Å²) in [6, 6.07) is 4.30. The van der Waals surface area contributed by atoms with Gasteiger partial charge in [0.25, 0.3) is 5.69 Å². The van der Waals surface area contributed by atoms with Crippen LogP contribution in [0, 0.1) is 10.1 Å². The standard InChI is InChI=1S/C15H20N2O6/c1-9(10-5-7-11(8-6-10)17(21)22)12(13(18)19)16-14(20)23-15(2,3)4/h5-9,12H,1-4H3,(H,16,20)(H,18,19). The summed E-state index contributed by atoms with van der Waals surface area (Å²) in [5.74, 6) is -1.82. The third-order valence-corrected chi connectivity index (χ3v) is 3.07. The number of nitrogens with zero attached hydrogens (tertiary/aromatic N) is 1. The number of nitro benzene ring substituents is 1. The molecule has 0 saturated carbocycles. The molecule has 0 bridgehead atoms. The van der Waals surface area contributed by atoms with E-state index in [1.807, 2.05) is 0 Å². The van der Waals surface area contributed by atoms with Gasteiger partial charge >= 0.3 is 12.1 Å². The van der Waals surface area contributed by atoms with Crippen LogP contribution < -0.4 is 5.32 Å². The molecule has 0 aliphatic carbocycles. The number of nitrogens with one attached hydrogen (secondary N) is 1. The van der Waals surface area contributed by atoms with Gasteiger partial charge in [0.05, 0.1) is 4.92 Å². The molecule has 8 nitrogen and oxygen atoms in total. The normalized spacial score (nSPS) is 13.7. The Labute approximate surface area is 133 Å². The number of hydrogen-bond acceptors (Lipinski definition) is 5. The van der Waals surface area contributed by atoms with Crippen LogP contribution in [-0.2, 0) is 9.53 Å². The van der Waals surface area contributed by atoms with Gasteiger partial charge in [-0.2, -0.15) is 0 Å². The van der Waals surface area contributed by atoms with Gasteiger partial charge in [-0.3, -0.25) is 10.1 Å². The fourth-order valence-corrected chi connectivity index (χ4v) is 1.93. The molecule has 2 N–H and O–H groups in total. The first-order chi connectivity index (χ1) is 10.5. The second-order valence-electron chi connectivity index (χ2n) is 6.10. The Bertz CT molecular complexity index is 591. The molecule has 1 aromatic rings. The lowest BCUT2D eigenvalue weighted by Gasteiger charge is -2.25. The second kappa shape index (κ2) is 7.08. The first-order valence-electron chi connectivity index (χ1n) is 6.98. The molecule has 0 fully saturated rings. The average Bonchev–Trinajstić information content (AvgIpc) is 2.42. The second-order valence-corrected chi connectivity index (χ2v) is 6.10. The quantitative estimate of drug-likeness (QED) is 0.635. The summed E-state index contributed by atoms with van der Waals surface area (Å²) < 4.78 is 5.05. The predicted octanol–water partition coefficient (Wildman–Crippen LogP) is 2.68. The molecule has 0 aromatic heterocycles. The first kappa shape index (κ1) is 18.4. The molecule has 23 heavy (non-hydrogen) atoms. The Kier molecular flexibility index (Phi) is 5.67. The minimum absolute atomic E-state index is 0.0899. The molecule has 2 atom stereocenters. The Balaban J connectivity index is 2.90. The lowest BCUT2D eigenvalue weighted by molar-refractivity contribution is -0.384. The van der Waals surface area contributed by atoms with E-state index in [4.69, 9.17) is 4.74 Å². The molecule has 0 aliphatic rings. The van der Waals surface area contributed by atoms with Crippen molar-refractivity contribution in [2.45, 2.75) is 45.3 Å². The number of non-ortho nitro benzene ring substituents is 1. The van der Waals surface area contributed by atoms with E-state index in [1.165, 1.54) is 24.3 Å². The number of aliphatic carboxylic acids is 1. The van der Waals surface area contributed by atoms with Gasteiger partial charge in [0, 0.05) is 18.1 Å². The fourth-order valence-electron chi connectivity index (χ4n) is 1.93. The van der Waals surface area contributed by atoms with E-state index in [0.717, 1.165) is 0 Å². The Morgan fingerprint density at radius 2 is 1.78 bits per heavy atom. The SMILES string of the molecule is CC(c1ccc([N+](=O)[O-])cc1)C(NC(=O)OC(C)(C)C)C(=O)O. The number of ether oxygens (including phenoxy) is 1. The van der Waals surface area contributed by atoms with Crippen molar-refractivity contribution in [1.82, 2.24) is 5.32 Å². The van der Waals surface area contributed by atoms with Crippen LogP contribution >= 0.6 is 0 Å². The molecule has 0 aliphatic heterocycles. The maximum atomic E-state index is 11.8. The van der Waals surface area contributed by atoms with Crippen molar-refractivity contribution in [1.29, 1.82) is 0 Å². The van der Waals surface area contributed by atoms with E-state index >= 15 is 0 Å². The minimum atomic E-state index is -1.22. The third-order valence-electron chi connectivity index (χ3n) is 3.07. The third kappa shape index (κ3) is 5.57. The highest BCUT2D eigenvalue weighted by atomic mass is 16.6. The molecule has 1 rings (SSSR count). The van der Waals surface area contributed by atoms with Gasteiger partial charge in [-0.15, -0.1) is 0 Å². The van der Waals surface area contributed by atoms with Crippen molar-refractivity contribution in [3.63, 3.8) is 0 Å². The van der Waals surface area contributed by atoms with E-state index in [-0.39, 0.29) is 5.69 Å². The van der Waals surface area contributed by atoms with Crippen molar-refractivity contribution in [3.05, 3.63) is 39.9 Å². The smallest absolute Gasteiger partial charge is 0.408 e. The van der Waals surface area contributed by atoms with Crippen molar-refractivity contribution in [2.75, 3.05) is 0 Å². The number of amides is 1. The molecule has 0 radical (unpaired) electrons. The molecule has 2 unspecified atom stereocenters. The summed E-state index contributed by atoms with van der Waals surface area (Å²) in [4.78, 5) is 33.3. The van der Waals surface area contributed by atoms with Gasteiger partial charge in [-0.1, -0.05) is 19.1 Å². The van der Waals surface area contributed by atoms with Crippen molar-refractivity contribution in [3.8, 4) is 0 Å². The summed E-state index contributed by atoms with van der Waals surface area (Å²) in [5.41, 5.74) is -0.281. The summed E-state index contributed by atoms with van der Waals surface area (Å²) in [6.07, 6.45) is -0.835. The zero-order valence-electron chi connectivity index (χ0n) is 13.4. The molecule has 8 heteroatoms. The van der Waals surface area contributed by atoms with Crippen LogP contribution in [0.15, 0.2) is 24.3 Å². The Hall–Kier alpha value is -2.64. The summed E-state index contributed by atoms with van der Waals surface area (Å²) in [6.45, 7) is 6.61. The maximum Gasteiger partial charge on any atom is 0.408 e. The number of carbonyl (C=O) groups is 2. The van der Waals surface area contributed by atoms with Crippen LogP contribution in [0.3, 0.4) is 0 Å². The largest absolute Gasteiger partial charge is 0.480 e. The highest BCUT2D eigenvalue weighted by Crippen LogP contribution is 2.22. The zero-order valence-corrected chi connectivity index (χ0v) is 13.4. The molecule has 1 amide bonds. The minimum Gasteiger partial charge on any atom is -0.480 e. The fraction of sp³-hybridized carbons (Fsp3) is 0.467.